The lowest BCUT2D eigenvalue weighted by molar-refractivity contribution is 0.0810. The van der Waals surface area contributed by atoms with Crippen LogP contribution < -0.4 is 5.32 Å². The maximum absolute atomic E-state index is 9.69. The van der Waals surface area contributed by atoms with Crippen LogP contribution in [0, 0.1) is 0 Å². The Balaban J connectivity index is 2.14. The fourth-order valence-electron chi connectivity index (χ4n) is 1.63. The zero-order chi connectivity index (χ0) is 9.26. The van der Waals surface area contributed by atoms with Crippen molar-refractivity contribution in [1.82, 2.24) is 15.1 Å². The summed E-state index contributed by atoms with van der Waals surface area (Å²) in [6.45, 7) is 1.60. The molecule has 4 nitrogen and oxygen atoms in total. The molecular weight excluding hydrogens is 234 g/mol. The second-order valence-electron chi connectivity index (χ2n) is 3.27. The van der Waals surface area contributed by atoms with Gasteiger partial charge in [0.1, 0.15) is 0 Å². The highest BCUT2D eigenvalue weighted by molar-refractivity contribution is 9.10. The highest BCUT2D eigenvalue weighted by atomic mass is 79.9. The Hall–Kier alpha value is -0.390. The van der Waals surface area contributed by atoms with Crippen molar-refractivity contribution in [1.29, 1.82) is 0 Å². The quantitative estimate of drug-likeness (QED) is 0.760. The van der Waals surface area contributed by atoms with E-state index in [9.17, 15) is 5.11 Å². The molecule has 1 fully saturated rings. The molecule has 0 spiro atoms. The molecule has 2 heterocycles. The predicted octanol–water partition coefficient (Wildman–Crippen LogP) is 0.541. The minimum absolute atomic E-state index is 0.118. The number of β-amino-alcohol motifs (C(OH)–C–C–N with tert-alkyl or cyclic N) is 1. The third-order valence-corrected chi connectivity index (χ3v) is 2.73. The molecule has 1 aliphatic heterocycles. The largest absolute Gasteiger partial charge is 0.390 e. The summed E-state index contributed by atoms with van der Waals surface area (Å²) in [6, 6.07) is 0.118. The molecule has 0 saturated carbocycles. The van der Waals surface area contributed by atoms with Crippen LogP contribution in [0.1, 0.15) is 12.5 Å². The number of aliphatic hydroxyl groups excluding tert-OH is 1. The van der Waals surface area contributed by atoms with Gasteiger partial charge in [-0.3, -0.25) is 4.68 Å². The molecule has 13 heavy (non-hydrogen) atoms. The van der Waals surface area contributed by atoms with Gasteiger partial charge in [0.2, 0.25) is 0 Å². The van der Waals surface area contributed by atoms with E-state index in [0.717, 1.165) is 17.4 Å². The van der Waals surface area contributed by atoms with Crippen LogP contribution in [0.3, 0.4) is 0 Å². The van der Waals surface area contributed by atoms with Crippen molar-refractivity contribution in [2.75, 3.05) is 13.1 Å². The Bertz CT molecular complexity index is 289. The number of nitrogens with one attached hydrogen (secondary N) is 1. The van der Waals surface area contributed by atoms with Crippen molar-refractivity contribution in [2.45, 2.75) is 18.6 Å². The number of hydrogen-bond acceptors (Lipinski definition) is 3. The van der Waals surface area contributed by atoms with E-state index >= 15 is 0 Å². The molecule has 2 N–H and O–H groups in total. The summed E-state index contributed by atoms with van der Waals surface area (Å²) in [5, 5.41) is 17.0. The van der Waals surface area contributed by atoms with Crippen LogP contribution in [-0.2, 0) is 0 Å². The van der Waals surface area contributed by atoms with Gasteiger partial charge in [0.15, 0.2) is 0 Å². The van der Waals surface area contributed by atoms with Crippen LogP contribution in [0.2, 0.25) is 0 Å². The van der Waals surface area contributed by atoms with Gasteiger partial charge in [0.05, 0.1) is 22.8 Å². The van der Waals surface area contributed by atoms with Crippen molar-refractivity contribution in [3.63, 3.8) is 0 Å². The molecule has 0 bridgehead atoms. The summed E-state index contributed by atoms with van der Waals surface area (Å²) >= 11 is 3.34. The van der Waals surface area contributed by atoms with Gasteiger partial charge in [-0.15, -0.1) is 0 Å². The van der Waals surface area contributed by atoms with Gasteiger partial charge >= 0.3 is 0 Å². The monoisotopic (exact) mass is 245 g/mol. The number of aromatic nitrogens is 2. The first kappa shape index (κ1) is 9.18. The maximum Gasteiger partial charge on any atom is 0.0888 e. The molecule has 1 aromatic heterocycles. The topological polar surface area (TPSA) is 50.1 Å². The number of rotatable bonds is 1. The number of halogens is 1. The average molecular weight is 246 g/mol. The van der Waals surface area contributed by atoms with Gasteiger partial charge in [0, 0.05) is 12.7 Å². The molecule has 1 aliphatic rings. The summed E-state index contributed by atoms with van der Waals surface area (Å²) in [5.74, 6) is 0. The van der Waals surface area contributed by atoms with Crippen molar-refractivity contribution < 1.29 is 5.11 Å². The zero-order valence-electron chi connectivity index (χ0n) is 7.15. The normalized spacial score (nSPS) is 29.1. The van der Waals surface area contributed by atoms with Crippen molar-refractivity contribution in [2.24, 2.45) is 0 Å². The first-order valence-corrected chi connectivity index (χ1v) is 5.15. The van der Waals surface area contributed by atoms with Crippen LogP contribution >= 0.6 is 15.9 Å². The molecule has 1 saturated heterocycles. The summed E-state index contributed by atoms with van der Waals surface area (Å²) in [6.07, 6.45) is 4.24. The minimum atomic E-state index is -0.333. The van der Waals surface area contributed by atoms with E-state index in [4.69, 9.17) is 0 Å². The molecule has 0 aliphatic carbocycles. The summed E-state index contributed by atoms with van der Waals surface area (Å²) in [4.78, 5) is 0. The first-order valence-electron chi connectivity index (χ1n) is 4.36. The molecule has 1 aromatic rings. The van der Waals surface area contributed by atoms with Gasteiger partial charge < -0.3 is 10.4 Å². The maximum atomic E-state index is 9.69. The highest BCUT2D eigenvalue weighted by Gasteiger charge is 2.24. The first-order chi connectivity index (χ1) is 6.27. The zero-order valence-corrected chi connectivity index (χ0v) is 8.74. The van der Waals surface area contributed by atoms with E-state index in [1.807, 2.05) is 10.9 Å². The lowest BCUT2D eigenvalue weighted by Gasteiger charge is -2.28. The Kier molecular flexibility index (Phi) is 2.66. The van der Waals surface area contributed by atoms with E-state index in [2.05, 4.69) is 26.3 Å². The molecular formula is C8H12BrN3O. The Morgan fingerprint density at radius 1 is 1.69 bits per heavy atom. The molecule has 0 amide bonds. The Morgan fingerprint density at radius 2 is 2.54 bits per heavy atom. The highest BCUT2D eigenvalue weighted by Crippen LogP contribution is 2.20. The molecule has 2 atom stereocenters. The fourth-order valence-corrected chi connectivity index (χ4v) is 1.93. The van der Waals surface area contributed by atoms with E-state index in [1.54, 1.807) is 6.20 Å². The van der Waals surface area contributed by atoms with Gasteiger partial charge in [-0.05, 0) is 28.9 Å². The van der Waals surface area contributed by atoms with Gasteiger partial charge in [-0.25, -0.2) is 0 Å². The van der Waals surface area contributed by atoms with Crippen LogP contribution in [0.15, 0.2) is 16.9 Å². The number of piperidine rings is 1. The lowest BCUT2D eigenvalue weighted by atomic mass is 10.0. The third kappa shape index (κ3) is 1.92. The summed E-state index contributed by atoms with van der Waals surface area (Å²) in [5.41, 5.74) is 0. The van der Waals surface area contributed by atoms with Crippen LogP contribution in [0.5, 0.6) is 0 Å². The summed E-state index contributed by atoms with van der Waals surface area (Å²) in [7, 11) is 0. The number of aliphatic hydroxyl groups is 1. The molecule has 2 rings (SSSR count). The third-order valence-electron chi connectivity index (χ3n) is 2.32. The molecule has 72 valence electrons. The van der Waals surface area contributed by atoms with Crippen LogP contribution in [0.4, 0.5) is 0 Å². The molecule has 0 radical (unpaired) electrons. The van der Waals surface area contributed by atoms with E-state index < -0.39 is 0 Å². The second-order valence-corrected chi connectivity index (χ2v) is 4.18. The van der Waals surface area contributed by atoms with Crippen molar-refractivity contribution >= 4 is 15.9 Å². The predicted molar refractivity (Wildman–Crippen MR) is 52.5 cm³/mol. The summed E-state index contributed by atoms with van der Waals surface area (Å²) < 4.78 is 2.79. The van der Waals surface area contributed by atoms with Crippen LogP contribution in [-0.4, -0.2) is 34.1 Å². The molecule has 5 heteroatoms. The van der Waals surface area contributed by atoms with E-state index in [0.29, 0.717) is 6.54 Å². The minimum Gasteiger partial charge on any atom is -0.390 e. The molecule has 0 unspecified atom stereocenters. The van der Waals surface area contributed by atoms with Crippen molar-refractivity contribution in [3.05, 3.63) is 16.9 Å². The van der Waals surface area contributed by atoms with Gasteiger partial charge in [-0.1, -0.05) is 0 Å². The standard InChI is InChI=1S/C8H12BrN3O/c9-6-3-11-12(5-6)7-1-2-10-4-8(7)13/h3,5,7-8,10,13H,1-2,4H2/t7-,8-/m1/s1. The van der Waals surface area contributed by atoms with Gasteiger partial charge in [-0.2, -0.15) is 5.10 Å². The Labute approximate surface area is 85.1 Å². The molecule has 0 aromatic carbocycles. The smallest absolute Gasteiger partial charge is 0.0888 e. The fraction of sp³-hybridized carbons (Fsp3) is 0.625. The lowest BCUT2D eigenvalue weighted by Crippen LogP contribution is -2.41. The van der Waals surface area contributed by atoms with Gasteiger partial charge in [0.25, 0.3) is 0 Å². The number of nitrogens with zero attached hydrogens (tertiary/aromatic N) is 2. The van der Waals surface area contributed by atoms with E-state index in [1.165, 1.54) is 0 Å². The Morgan fingerprint density at radius 3 is 3.15 bits per heavy atom. The average Bonchev–Trinajstić information content (AvgIpc) is 2.53. The van der Waals surface area contributed by atoms with Crippen molar-refractivity contribution in [3.8, 4) is 0 Å². The SMILES string of the molecule is O[C@@H]1CNCC[C@H]1n1cc(Br)cn1. The van der Waals surface area contributed by atoms with Crippen LogP contribution in [0.25, 0.3) is 0 Å². The second kappa shape index (κ2) is 3.77. The van der Waals surface area contributed by atoms with E-state index in [-0.39, 0.29) is 12.1 Å². The number of hydrogen-bond donors (Lipinski definition) is 2.